The van der Waals surface area contributed by atoms with Gasteiger partial charge in [0.25, 0.3) is 0 Å². The summed E-state index contributed by atoms with van der Waals surface area (Å²) in [6.07, 6.45) is 0. The minimum atomic E-state index is -0.340. The summed E-state index contributed by atoms with van der Waals surface area (Å²) in [5.41, 5.74) is 1.72. The molecule has 0 saturated carbocycles. The standard InChI is InChI=1S/C19H16ClNO3/c1-2-24-15-10-6-3-7-12(15)11-21-17-16(20)18(22)13-8-4-5-9-14(13)19(17)23/h3-10,21H,2,11H2,1H3. The second-order valence-electron chi connectivity index (χ2n) is 5.29. The highest BCUT2D eigenvalue weighted by atomic mass is 35.5. The molecule has 2 aromatic rings. The molecule has 0 fully saturated rings. The van der Waals surface area contributed by atoms with Crippen molar-refractivity contribution in [3.8, 4) is 5.75 Å². The van der Waals surface area contributed by atoms with Crippen molar-refractivity contribution < 1.29 is 14.3 Å². The summed E-state index contributed by atoms with van der Waals surface area (Å²) in [5.74, 6) is 0.121. The van der Waals surface area contributed by atoms with Gasteiger partial charge < -0.3 is 10.1 Å². The van der Waals surface area contributed by atoms with Crippen molar-refractivity contribution in [1.82, 2.24) is 5.32 Å². The first kappa shape index (κ1) is 16.3. The van der Waals surface area contributed by atoms with Gasteiger partial charge in [0.1, 0.15) is 16.5 Å². The van der Waals surface area contributed by atoms with Gasteiger partial charge in [-0.1, -0.05) is 54.1 Å². The number of para-hydroxylation sites is 1. The zero-order valence-electron chi connectivity index (χ0n) is 13.1. The molecule has 0 aliphatic heterocycles. The zero-order valence-corrected chi connectivity index (χ0v) is 13.9. The second-order valence-corrected chi connectivity index (χ2v) is 5.67. The first-order valence-electron chi connectivity index (χ1n) is 7.66. The van der Waals surface area contributed by atoms with Crippen LogP contribution in [0.4, 0.5) is 0 Å². The van der Waals surface area contributed by atoms with Crippen molar-refractivity contribution in [1.29, 1.82) is 0 Å². The van der Waals surface area contributed by atoms with Crippen LogP contribution in [0.3, 0.4) is 0 Å². The first-order chi connectivity index (χ1) is 11.6. The largest absolute Gasteiger partial charge is 0.494 e. The lowest BCUT2D eigenvalue weighted by Crippen LogP contribution is -2.28. The summed E-state index contributed by atoms with van der Waals surface area (Å²) in [6, 6.07) is 14.2. The van der Waals surface area contributed by atoms with Crippen LogP contribution < -0.4 is 10.1 Å². The number of benzene rings is 2. The number of rotatable bonds is 5. The van der Waals surface area contributed by atoms with Crippen molar-refractivity contribution in [3.05, 3.63) is 76.0 Å². The molecule has 0 heterocycles. The highest BCUT2D eigenvalue weighted by molar-refractivity contribution is 6.49. The Morgan fingerprint density at radius 3 is 2.29 bits per heavy atom. The Morgan fingerprint density at radius 2 is 1.58 bits per heavy atom. The average Bonchev–Trinajstić information content (AvgIpc) is 2.61. The Morgan fingerprint density at radius 1 is 0.958 bits per heavy atom. The molecule has 0 aromatic heterocycles. The molecular weight excluding hydrogens is 326 g/mol. The fraction of sp³-hybridized carbons (Fsp3) is 0.158. The molecule has 2 aromatic carbocycles. The number of Topliss-reactive ketones (excluding diaryl/α,β-unsaturated/α-hetero) is 2. The second kappa shape index (κ2) is 6.89. The third kappa shape index (κ3) is 2.93. The minimum absolute atomic E-state index is 0.0763. The third-order valence-electron chi connectivity index (χ3n) is 3.79. The van der Waals surface area contributed by atoms with Crippen LogP contribution in [0.2, 0.25) is 0 Å². The number of hydrogen-bond donors (Lipinski definition) is 1. The average molecular weight is 342 g/mol. The molecule has 0 amide bonds. The highest BCUT2D eigenvalue weighted by Gasteiger charge is 2.31. The van der Waals surface area contributed by atoms with Gasteiger partial charge >= 0.3 is 0 Å². The predicted molar refractivity (Wildman–Crippen MR) is 92.4 cm³/mol. The Bertz CT molecular complexity index is 842. The number of hydrogen-bond acceptors (Lipinski definition) is 4. The number of halogens is 1. The molecule has 1 aliphatic rings. The molecule has 0 saturated heterocycles. The summed E-state index contributed by atoms with van der Waals surface area (Å²) in [5, 5.41) is 2.93. The van der Waals surface area contributed by atoms with Crippen LogP contribution in [-0.4, -0.2) is 18.2 Å². The molecule has 24 heavy (non-hydrogen) atoms. The van der Waals surface area contributed by atoms with Crippen molar-refractivity contribution in [2.24, 2.45) is 0 Å². The summed E-state index contributed by atoms with van der Waals surface area (Å²) >= 11 is 6.14. The number of nitrogens with one attached hydrogen (secondary N) is 1. The summed E-state index contributed by atoms with van der Waals surface area (Å²) in [4.78, 5) is 25.0. The molecular formula is C19H16ClNO3. The lowest BCUT2D eigenvalue weighted by molar-refractivity contribution is 0.0974. The van der Waals surface area contributed by atoms with E-state index in [0.717, 1.165) is 11.3 Å². The van der Waals surface area contributed by atoms with Crippen LogP contribution in [0.15, 0.2) is 59.3 Å². The van der Waals surface area contributed by atoms with Gasteiger partial charge in [-0.2, -0.15) is 0 Å². The fourth-order valence-corrected chi connectivity index (χ4v) is 2.89. The van der Waals surface area contributed by atoms with Gasteiger partial charge in [0.05, 0.1) is 6.61 Å². The van der Waals surface area contributed by atoms with Crippen LogP contribution >= 0.6 is 11.6 Å². The molecule has 0 atom stereocenters. The lowest BCUT2D eigenvalue weighted by Gasteiger charge is -2.19. The van der Waals surface area contributed by atoms with Crippen LogP contribution in [0.25, 0.3) is 0 Å². The molecule has 0 spiro atoms. The molecule has 1 N–H and O–H groups in total. The first-order valence-corrected chi connectivity index (χ1v) is 8.04. The maximum atomic E-state index is 12.6. The van der Waals surface area contributed by atoms with Crippen molar-refractivity contribution in [2.75, 3.05) is 6.61 Å². The zero-order chi connectivity index (χ0) is 17.1. The maximum absolute atomic E-state index is 12.6. The van der Waals surface area contributed by atoms with E-state index in [0.29, 0.717) is 24.3 Å². The van der Waals surface area contributed by atoms with E-state index in [1.54, 1.807) is 24.3 Å². The Hall–Kier alpha value is -2.59. The van der Waals surface area contributed by atoms with Crippen LogP contribution in [0, 0.1) is 0 Å². The van der Waals surface area contributed by atoms with Crippen LogP contribution in [0.5, 0.6) is 5.75 Å². The van der Waals surface area contributed by atoms with Crippen LogP contribution in [-0.2, 0) is 6.54 Å². The third-order valence-corrected chi connectivity index (χ3v) is 4.15. The van der Waals surface area contributed by atoms with E-state index in [-0.39, 0.29) is 22.3 Å². The van der Waals surface area contributed by atoms with Crippen molar-refractivity contribution in [3.63, 3.8) is 0 Å². The predicted octanol–water partition coefficient (Wildman–Crippen LogP) is 3.70. The molecule has 0 bridgehead atoms. The Balaban J connectivity index is 1.87. The van der Waals surface area contributed by atoms with Gasteiger partial charge in [-0.05, 0) is 13.0 Å². The van der Waals surface area contributed by atoms with E-state index in [2.05, 4.69) is 5.32 Å². The van der Waals surface area contributed by atoms with Crippen molar-refractivity contribution in [2.45, 2.75) is 13.5 Å². The fourth-order valence-electron chi connectivity index (χ4n) is 2.63. The highest BCUT2D eigenvalue weighted by Crippen LogP contribution is 2.28. The number of fused-ring (bicyclic) bond motifs is 1. The number of carbonyl (C=O) groups is 2. The molecule has 122 valence electrons. The molecule has 5 heteroatoms. The van der Waals surface area contributed by atoms with E-state index in [9.17, 15) is 9.59 Å². The molecule has 3 rings (SSSR count). The van der Waals surface area contributed by atoms with E-state index in [1.807, 2.05) is 31.2 Å². The van der Waals surface area contributed by atoms with E-state index in [1.165, 1.54) is 0 Å². The van der Waals surface area contributed by atoms with Gasteiger partial charge in [-0.15, -0.1) is 0 Å². The SMILES string of the molecule is CCOc1ccccc1CNC1=C(Cl)C(=O)c2ccccc2C1=O. The minimum Gasteiger partial charge on any atom is -0.494 e. The molecule has 0 radical (unpaired) electrons. The Kier molecular flexibility index (Phi) is 4.67. The monoisotopic (exact) mass is 341 g/mol. The van der Waals surface area contributed by atoms with E-state index in [4.69, 9.17) is 16.3 Å². The quantitative estimate of drug-likeness (QED) is 0.900. The summed E-state index contributed by atoms with van der Waals surface area (Å²) in [7, 11) is 0. The van der Waals surface area contributed by atoms with Gasteiger partial charge in [-0.3, -0.25) is 9.59 Å². The number of ketones is 2. The topological polar surface area (TPSA) is 55.4 Å². The summed E-state index contributed by atoms with van der Waals surface area (Å²) < 4.78 is 5.57. The van der Waals surface area contributed by atoms with Gasteiger partial charge in [0.2, 0.25) is 11.6 Å². The molecule has 0 unspecified atom stereocenters. The smallest absolute Gasteiger partial charge is 0.211 e. The molecule has 4 nitrogen and oxygen atoms in total. The number of carbonyl (C=O) groups excluding carboxylic acids is 2. The van der Waals surface area contributed by atoms with Gasteiger partial charge in [0, 0.05) is 23.2 Å². The van der Waals surface area contributed by atoms with E-state index >= 15 is 0 Å². The Labute approximate surface area is 145 Å². The number of allylic oxidation sites excluding steroid dienone is 2. The normalized spacial score (nSPS) is 13.8. The summed E-state index contributed by atoms with van der Waals surface area (Å²) in [6.45, 7) is 2.79. The maximum Gasteiger partial charge on any atom is 0.211 e. The van der Waals surface area contributed by atoms with E-state index < -0.39 is 0 Å². The number of ether oxygens (including phenoxy) is 1. The van der Waals surface area contributed by atoms with Gasteiger partial charge in [0.15, 0.2) is 0 Å². The van der Waals surface area contributed by atoms with Crippen molar-refractivity contribution >= 4 is 23.2 Å². The van der Waals surface area contributed by atoms with Crippen LogP contribution in [0.1, 0.15) is 33.2 Å². The van der Waals surface area contributed by atoms with Gasteiger partial charge in [-0.25, -0.2) is 0 Å². The lowest BCUT2D eigenvalue weighted by atomic mass is 9.92. The molecule has 1 aliphatic carbocycles.